The number of aromatic nitrogens is 2. The summed E-state index contributed by atoms with van der Waals surface area (Å²) in [5.74, 6) is -0.458. The largest absolute Gasteiger partial charge is 0.336 e. The molecule has 0 aliphatic carbocycles. The number of carbonyl (C=O) groups is 2. The van der Waals surface area contributed by atoms with Gasteiger partial charge in [0.2, 0.25) is 5.91 Å². The number of carbonyl (C=O) groups excluding carboxylic acids is 2. The van der Waals surface area contributed by atoms with Crippen LogP contribution in [0.25, 0.3) is 0 Å². The second kappa shape index (κ2) is 7.78. The van der Waals surface area contributed by atoms with E-state index in [1.54, 1.807) is 24.1 Å². The van der Waals surface area contributed by atoms with Crippen molar-refractivity contribution < 1.29 is 14.0 Å². The molecular formula is C19H23FN4O2. The van der Waals surface area contributed by atoms with E-state index in [0.29, 0.717) is 25.2 Å². The molecule has 6 nitrogen and oxygen atoms in total. The zero-order valence-corrected chi connectivity index (χ0v) is 15.0. The highest BCUT2D eigenvalue weighted by Crippen LogP contribution is 2.23. The van der Waals surface area contributed by atoms with E-state index >= 15 is 0 Å². The lowest BCUT2D eigenvalue weighted by molar-refractivity contribution is -0.135. The number of benzene rings is 1. The lowest BCUT2D eigenvalue weighted by atomic mass is 9.95. The first-order valence-electron chi connectivity index (χ1n) is 8.74. The van der Waals surface area contributed by atoms with Crippen LogP contribution in [0.1, 0.15) is 35.6 Å². The number of nitrogens with zero attached hydrogens (tertiary/aromatic N) is 3. The molecule has 1 aliphatic rings. The average Bonchev–Trinajstić information content (AvgIpc) is 3.06. The monoisotopic (exact) mass is 358 g/mol. The summed E-state index contributed by atoms with van der Waals surface area (Å²) in [5, 5.41) is 3.29. The number of amides is 1. The van der Waals surface area contributed by atoms with E-state index in [1.807, 2.05) is 17.8 Å². The van der Waals surface area contributed by atoms with Crippen molar-refractivity contribution in [2.24, 2.45) is 13.0 Å². The molecule has 26 heavy (non-hydrogen) atoms. The van der Waals surface area contributed by atoms with Crippen LogP contribution in [0.5, 0.6) is 0 Å². The molecule has 1 aromatic heterocycles. The van der Waals surface area contributed by atoms with Crippen LogP contribution in [0.4, 0.5) is 4.39 Å². The number of imidazole rings is 1. The molecule has 1 saturated heterocycles. The van der Waals surface area contributed by atoms with Crippen molar-refractivity contribution in [1.29, 1.82) is 0 Å². The number of nitrogens with one attached hydrogen (secondary N) is 1. The van der Waals surface area contributed by atoms with Crippen LogP contribution in [0.15, 0.2) is 36.7 Å². The van der Waals surface area contributed by atoms with Gasteiger partial charge in [0.15, 0.2) is 5.78 Å². The summed E-state index contributed by atoms with van der Waals surface area (Å²) in [6.45, 7) is 3.61. The first-order valence-corrected chi connectivity index (χ1v) is 8.74. The molecule has 2 aromatic rings. The Balaban J connectivity index is 1.71. The summed E-state index contributed by atoms with van der Waals surface area (Å²) in [6, 6.07) is 5.43. The van der Waals surface area contributed by atoms with Crippen molar-refractivity contribution >= 4 is 11.7 Å². The zero-order chi connectivity index (χ0) is 18.7. The predicted octanol–water partition coefficient (Wildman–Crippen LogP) is 1.94. The number of Topliss-reactive ketones (excluding diaryl/α,β-unsaturated/α-hetero) is 1. The van der Waals surface area contributed by atoms with Gasteiger partial charge in [-0.2, -0.15) is 0 Å². The highest BCUT2D eigenvalue weighted by molar-refractivity contribution is 5.99. The van der Waals surface area contributed by atoms with Gasteiger partial charge in [-0.15, -0.1) is 0 Å². The first-order chi connectivity index (χ1) is 12.5. The number of hydrogen-bond acceptors (Lipinski definition) is 4. The van der Waals surface area contributed by atoms with Gasteiger partial charge in [-0.25, -0.2) is 9.37 Å². The quantitative estimate of drug-likeness (QED) is 0.830. The molecule has 2 unspecified atom stereocenters. The number of rotatable bonds is 5. The van der Waals surface area contributed by atoms with Crippen LogP contribution >= 0.6 is 0 Å². The number of aryl methyl sites for hydroxylation is 1. The number of hydrogen-bond donors (Lipinski definition) is 1. The van der Waals surface area contributed by atoms with Crippen molar-refractivity contribution in [2.75, 3.05) is 19.6 Å². The van der Waals surface area contributed by atoms with Crippen molar-refractivity contribution in [3.63, 3.8) is 0 Å². The average molecular weight is 358 g/mol. The second-order valence-corrected chi connectivity index (χ2v) is 6.68. The molecule has 2 heterocycles. The van der Waals surface area contributed by atoms with Gasteiger partial charge < -0.3 is 14.8 Å². The fourth-order valence-electron chi connectivity index (χ4n) is 3.33. The van der Waals surface area contributed by atoms with Crippen LogP contribution in [-0.2, 0) is 11.8 Å². The topological polar surface area (TPSA) is 67.2 Å². The summed E-state index contributed by atoms with van der Waals surface area (Å²) in [5.41, 5.74) is 0.297. The highest BCUT2D eigenvalue weighted by Gasteiger charge is 2.32. The Morgan fingerprint density at radius 2 is 2.23 bits per heavy atom. The van der Waals surface area contributed by atoms with Crippen molar-refractivity contribution in [1.82, 2.24) is 19.8 Å². The Hall–Kier alpha value is -2.54. The SMILES string of the molecule is CC(CC(=O)N1CCNCC1c1nccn1C)C(=O)c1cccc(F)c1. The molecule has 1 N–H and O–H groups in total. The summed E-state index contributed by atoms with van der Waals surface area (Å²) >= 11 is 0. The van der Waals surface area contributed by atoms with Crippen LogP contribution in [0.3, 0.4) is 0 Å². The van der Waals surface area contributed by atoms with Gasteiger partial charge in [0.05, 0.1) is 0 Å². The Labute approximate surface area is 152 Å². The van der Waals surface area contributed by atoms with Gasteiger partial charge in [0.25, 0.3) is 0 Å². The minimum absolute atomic E-state index is 0.0863. The van der Waals surface area contributed by atoms with E-state index in [0.717, 1.165) is 5.82 Å². The minimum atomic E-state index is -0.513. The Kier molecular flexibility index (Phi) is 5.46. The number of halogens is 1. The summed E-state index contributed by atoms with van der Waals surface area (Å²) in [7, 11) is 1.90. The molecular weight excluding hydrogens is 335 g/mol. The number of ketones is 1. The smallest absolute Gasteiger partial charge is 0.224 e. The lowest BCUT2D eigenvalue weighted by Crippen LogP contribution is -2.49. The predicted molar refractivity (Wildman–Crippen MR) is 95.0 cm³/mol. The van der Waals surface area contributed by atoms with E-state index < -0.39 is 11.7 Å². The molecule has 1 aromatic carbocycles. The third-order valence-corrected chi connectivity index (χ3v) is 4.76. The fraction of sp³-hybridized carbons (Fsp3) is 0.421. The van der Waals surface area contributed by atoms with Gasteiger partial charge in [0.1, 0.15) is 17.7 Å². The third kappa shape index (κ3) is 3.83. The summed E-state index contributed by atoms with van der Waals surface area (Å²) in [4.78, 5) is 31.5. The molecule has 2 atom stereocenters. The van der Waals surface area contributed by atoms with Gasteiger partial charge >= 0.3 is 0 Å². The molecule has 1 fully saturated rings. The number of piperazine rings is 1. The highest BCUT2D eigenvalue weighted by atomic mass is 19.1. The molecule has 7 heteroatoms. The maximum Gasteiger partial charge on any atom is 0.224 e. The van der Waals surface area contributed by atoms with Crippen LogP contribution < -0.4 is 5.32 Å². The lowest BCUT2D eigenvalue weighted by Gasteiger charge is -2.36. The first kappa shape index (κ1) is 18.3. The fourth-order valence-corrected chi connectivity index (χ4v) is 3.33. The molecule has 0 spiro atoms. The van der Waals surface area contributed by atoms with E-state index in [2.05, 4.69) is 10.3 Å². The maximum absolute atomic E-state index is 13.3. The molecule has 138 valence electrons. The minimum Gasteiger partial charge on any atom is -0.336 e. The molecule has 1 aliphatic heterocycles. The molecule has 0 radical (unpaired) electrons. The zero-order valence-electron chi connectivity index (χ0n) is 15.0. The Morgan fingerprint density at radius 1 is 1.42 bits per heavy atom. The van der Waals surface area contributed by atoms with Gasteiger partial charge in [-0.3, -0.25) is 9.59 Å². The standard InChI is InChI=1S/C19H23FN4O2/c1-13(18(26)14-4-3-5-15(20)11-14)10-17(25)24-9-6-21-12-16(24)19-22-7-8-23(19)2/h3-5,7-8,11,13,16,21H,6,9-10,12H2,1-2H3. The molecule has 0 bridgehead atoms. The van der Waals surface area contributed by atoms with Crippen molar-refractivity contribution in [3.8, 4) is 0 Å². The second-order valence-electron chi connectivity index (χ2n) is 6.68. The van der Waals surface area contributed by atoms with Crippen LogP contribution in [0, 0.1) is 11.7 Å². The van der Waals surface area contributed by atoms with Gasteiger partial charge in [-0.1, -0.05) is 19.1 Å². The van der Waals surface area contributed by atoms with Crippen LogP contribution in [0.2, 0.25) is 0 Å². The molecule has 0 saturated carbocycles. The molecule has 3 rings (SSSR count). The van der Waals surface area contributed by atoms with Crippen LogP contribution in [-0.4, -0.2) is 45.8 Å². The van der Waals surface area contributed by atoms with E-state index in [9.17, 15) is 14.0 Å². The Bertz CT molecular complexity index is 804. The summed E-state index contributed by atoms with van der Waals surface area (Å²) < 4.78 is 15.2. The summed E-state index contributed by atoms with van der Waals surface area (Å²) in [6.07, 6.45) is 3.65. The van der Waals surface area contributed by atoms with Gasteiger partial charge in [0, 0.05) is 57.0 Å². The molecule has 1 amide bonds. The maximum atomic E-state index is 13.3. The van der Waals surface area contributed by atoms with E-state index in [-0.39, 0.29) is 24.2 Å². The Morgan fingerprint density at radius 3 is 2.92 bits per heavy atom. The van der Waals surface area contributed by atoms with Crippen molar-refractivity contribution in [3.05, 3.63) is 53.9 Å². The van der Waals surface area contributed by atoms with Gasteiger partial charge in [-0.05, 0) is 12.1 Å². The van der Waals surface area contributed by atoms with E-state index in [4.69, 9.17) is 0 Å². The normalized spacial score (nSPS) is 18.6. The third-order valence-electron chi connectivity index (χ3n) is 4.76. The van der Waals surface area contributed by atoms with E-state index in [1.165, 1.54) is 18.2 Å². The van der Waals surface area contributed by atoms with Crippen molar-refractivity contribution in [2.45, 2.75) is 19.4 Å².